The average Bonchev–Trinajstić information content (AvgIpc) is 3.49. The number of benzene rings is 1. The van der Waals surface area contributed by atoms with E-state index < -0.39 is 0 Å². The number of nitrogens with two attached hydrogens (primary N) is 1. The summed E-state index contributed by atoms with van der Waals surface area (Å²) in [6.45, 7) is 4.61. The van der Waals surface area contributed by atoms with Crippen molar-refractivity contribution in [3.8, 4) is 11.8 Å². The maximum Gasteiger partial charge on any atom is 0.134 e. The summed E-state index contributed by atoms with van der Waals surface area (Å²) in [6, 6.07) is 8.86. The second-order valence-electron chi connectivity index (χ2n) is 7.97. The maximum absolute atomic E-state index is 6.26. The number of hydrogen-bond donors (Lipinski definition) is 2. The van der Waals surface area contributed by atoms with Gasteiger partial charge in [-0.25, -0.2) is 9.97 Å². The molecule has 7 nitrogen and oxygen atoms in total. The number of nitrogens with zero attached hydrogens (tertiary/aromatic N) is 4. The van der Waals surface area contributed by atoms with Gasteiger partial charge in [-0.1, -0.05) is 11.8 Å². The molecule has 0 aliphatic carbocycles. The summed E-state index contributed by atoms with van der Waals surface area (Å²) in [5.74, 6) is 7.15. The second-order valence-corrected chi connectivity index (χ2v) is 7.97. The number of rotatable bonds is 4. The molecule has 0 amide bonds. The highest BCUT2D eigenvalue weighted by Gasteiger charge is 2.27. The summed E-state index contributed by atoms with van der Waals surface area (Å²) in [5.41, 5.74) is 11.2. The van der Waals surface area contributed by atoms with Crippen molar-refractivity contribution in [1.29, 1.82) is 0 Å². The molecule has 0 saturated carbocycles. The molecule has 5 rings (SSSR count). The van der Waals surface area contributed by atoms with E-state index in [9.17, 15) is 0 Å². The first-order valence-corrected chi connectivity index (χ1v) is 10.6. The lowest BCUT2D eigenvalue weighted by Crippen LogP contribution is -2.25. The molecule has 158 valence electrons. The van der Waals surface area contributed by atoms with Gasteiger partial charge in [0, 0.05) is 50.2 Å². The molecule has 1 saturated heterocycles. The SMILES string of the molecule is CCn1cnc2cc(C#Cc3cn([C@@H]4CN[C@@H](COC)C4)c4ccnc(N)c34)ccc21. The van der Waals surface area contributed by atoms with Crippen LogP contribution in [0.4, 0.5) is 5.82 Å². The zero-order chi connectivity index (χ0) is 21.4. The fourth-order valence-electron chi connectivity index (χ4n) is 4.50. The van der Waals surface area contributed by atoms with Crippen molar-refractivity contribution in [2.45, 2.75) is 32.0 Å². The molecular weight excluding hydrogens is 388 g/mol. The largest absolute Gasteiger partial charge is 0.383 e. The summed E-state index contributed by atoms with van der Waals surface area (Å²) in [7, 11) is 1.74. The average molecular weight is 415 g/mol. The number of aromatic nitrogens is 4. The van der Waals surface area contributed by atoms with Gasteiger partial charge in [0.05, 0.1) is 40.4 Å². The van der Waals surface area contributed by atoms with E-state index in [1.165, 1.54) is 0 Å². The van der Waals surface area contributed by atoms with Gasteiger partial charge in [-0.3, -0.25) is 0 Å². The van der Waals surface area contributed by atoms with Crippen LogP contribution in [0.25, 0.3) is 21.9 Å². The first-order valence-electron chi connectivity index (χ1n) is 10.6. The third-order valence-corrected chi connectivity index (χ3v) is 6.04. The molecule has 7 heteroatoms. The Kier molecular flexibility index (Phi) is 5.10. The number of hydrogen-bond acceptors (Lipinski definition) is 5. The Bertz CT molecular complexity index is 1310. The topological polar surface area (TPSA) is 82.9 Å². The molecule has 1 aliphatic rings. The van der Waals surface area contributed by atoms with E-state index in [0.29, 0.717) is 24.5 Å². The van der Waals surface area contributed by atoms with Gasteiger partial charge < -0.3 is 24.9 Å². The summed E-state index contributed by atoms with van der Waals surface area (Å²) >= 11 is 0. The third-order valence-electron chi connectivity index (χ3n) is 6.04. The Morgan fingerprint density at radius 2 is 2.13 bits per heavy atom. The molecule has 0 radical (unpaired) electrons. The van der Waals surface area contributed by atoms with Crippen molar-refractivity contribution in [2.75, 3.05) is 26.0 Å². The number of methoxy groups -OCH3 is 1. The third kappa shape index (κ3) is 3.54. The normalized spacial score (nSPS) is 18.5. The lowest BCUT2D eigenvalue weighted by atomic mass is 10.1. The predicted molar refractivity (Wildman–Crippen MR) is 123 cm³/mol. The number of imidazole rings is 1. The van der Waals surface area contributed by atoms with Gasteiger partial charge >= 0.3 is 0 Å². The van der Waals surface area contributed by atoms with Gasteiger partial charge in [0.2, 0.25) is 0 Å². The summed E-state index contributed by atoms with van der Waals surface area (Å²) in [4.78, 5) is 8.80. The van der Waals surface area contributed by atoms with E-state index in [2.05, 4.69) is 55.4 Å². The van der Waals surface area contributed by atoms with E-state index in [4.69, 9.17) is 10.5 Å². The van der Waals surface area contributed by atoms with E-state index in [1.54, 1.807) is 13.3 Å². The van der Waals surface area contributed by atoms with Gasteiger partial charge in [0.25, 0.3) is 0 Å². The fourth-order valence-corrected chi connectivity index (χ4v) is 4.50. The van der Waals surface area contributed by atoms with Crippen molar-refractivity contribution in [2.24, 2.45) is 0 Å². The Morgan fingerprint density at radius 3 is 2.97 bits per heavy atom. The molecule has 4 heterocycles. The molecule has 1 fully saturated rings. The molecule has 0 bridgehead atoms. The van der Waals surface area contributed by atoms with Gasteiger partial charge in [0.1, 0.15) is 5.82 Å². The zero-order valence-electron chi connectivity index (χ0n) is 17.8. The number of ether oxygens (including phenoxy) is 1. The smallest absolute Gasteiger partial charge is 0.134 e. The molecular formula is C24H26N6O. The Balaban J connectivity index is 1.53. The first kappa shape index (κ1) is 19.6. The molecule has 3 N–H and O–H groups in total. The highest BCUT2D eigenvalue weighted by atomic mass is 16.5. The summed E-state index contributed by atoms with van der Waals surface area (Å²) in [5, 5.41) is 4.46. The van der Waals surface area contributed by atoms with E-state index in [1.807, 2.05) is 24.5 Å². The van der Waals surface area contributed by atoms with Crippen LogP contribution in [-0.2, 0) is 11.3 Å². The standard InChI is InChI=1S/C24H26N6O/c1-3-29-15-28-20-10-16(5-7-21(20)29)4-6-17-13-30(19-11-18(14-31-2)27-12-19)22-8-9-26-24(25)23(17)22/h5,7-10,13,15,18-19,27H,3,11-12,14H2,1-2H3,(H2,25,26)/t18-,19+/m1/s1. The highest BCUT2D eigenvalue weighted by Crippen LogP contribution is 2.31. The number of anilines is 1. The number of fused-ring (bicyclic) bond motifs is 2. The van der Waals surface area contributed by atoms with Crippen LogP contribution in [0.3, 0.4) is 0 Å². The van der Waals surface area contributed by atoms with Crippen LogP contribution in [0.1, 0.15) is 30.5 Å². The van der Waals surface area contributed by atoms with Crippen molar-refractivity contribution in [3.63, 3.8) is 0 Å². The van der Waals surface area contributed by atoms with Gasteiger partial charge in [0.15, 0.2) is 0 Å². The minimum atomic E-state index is 0.328. The fraction of sp³-hybridized carbons (Fsp3) is 0.333. The van der Waals surface area contributed by atoms with Crippen LogP contribution in [0, 0.1) is 11.8 Å². The first-order chi connectivity index (χ1) is 15.2. The van der Waals surface area contributed by atoms with Gasteiger partial charge in [-0.15, -0.1) is 0 Å². The highest BCUT2D eigenvalue weighted by molar-refractivity contribution is 5.95. The van der Waals surface area contributed by atoms with Crippen molar-refractivity contribution in [1.82, 2.24) is 24.4 Å². The summed E-state index contributed by atoms with van der Waals surface area (Å²) in [6.07, 6.45) is 6.75. The lowest BCUT2D eigenvalue weighted by molar-refractivity contribution is 0.172. The minimum absolute atomic E-state index is 0.328. The van der Waals surface area contributed by atoms with E-state index in [0.717, 1.165) is 52.6 Å². The lowest BCUT2D eigenvalue weighted by Gasteiger charge is -2.13. The minimum Gasteiger partial charge on any atom is -0.383 e. The molecule has 2 atom stereocenters. The van der Waals surface area contributed by atoms with Crippen LogP contribution in [-0.4, -0.2) is 45.4 Å². The van der Waals surface area contributed by atoms with Crippen molar-refractivity contribution < 1.29 is 4.74 Å². The van der Waals surface area contributed by atoms with E-state index >= 15 is 0 Å². The Hall–Kier alpha value is -3.34. The second kappa shape index (κ2) is 8.06. The van der Waals surface area contributed by atoms with Crippen LogP contribution in [0.2, 0.25) is 0 Å². The van der Waals surface area contributed by atoms with Crippen LogP contribution < -0.4 is 11.1 Å². The van der Waals surface area contributed by atoms with E-state index in [-0.39, 0.29) is 0 Å². The predicted octanol–water partition coefficient (Wildman–Crippen LogP) is 2.94. The van der Waals surface area contributed by atoms with Gasteiger partial charge in [-0.05, 0) is 37.6 Å². The molecule has 1 aliphatic heterocycles. The van der Waals surface area contributed by atoms with Crippen LogP contribution in [0.15, 0.2) is 43.0 Å². The monoisotopic (exact) mass is 414 g/mol. The maximum atomic E-state index is 6.26. The summed E-state index contributed by atoms with van der Waals surface area (Å²) < 4.78 is 9.73. The number of aryl methyl sites for hydroxylation is 1. The molecule has 1 aromatic carbocycles. The molecule has 4 aromatic rings. The Labute approximate surface area is 181 Å². The molecule has 0 spiro atoms. The number of pyridine rings is 1. The quantitative estimate of drug-likeness (QED) is 0.502. The zero-order valence-corrected chi connectivity index (χ0v) is 17.8. The van der Waals surface area contributed by atoms with Gasteiger partial charge in [-0.2, -0.15) is 0 Å². The Morgan fingerprint density at radius 1 is 1.23 bits per heavy atom. The number of nitrogens with one attached hydrogen (secondary N) is 1. The van der Waals surface area contributed by atoms with Crippen molar-refractivity contribution >= 4 is 27.8 Å². The molecule has 0 unspecified atom stereocenters. The molecule has 31 heavy (non-hydrogen) atoms. The van der Waals surface area contributed by atoms with Crippen LogP contribution in [0.5, 0.6) is 0 Å². The number of nitrogen functional groups attached to an aromatic ring is 1. The van der Waals surface area contributed by atoms with Crippen LogP contribution >= 0.6 is 0 Å². The van der Waals surface area contributed by atoms with Crippen molar-refractivity contribution in [3.05, 3.63) is 54.1 Å². The molecule has 3 aromatic heterocycles.